The molecule has 1 aliphatic heterocycles. The maximum absolute atomic E-state index is 13.0. The van der Waals surface area contributed by atoms with Gasteiger partial charge in [-0.2, -0.15) is 0 Å². The summed E-state index contributed by atoms with van der Waals surface area (Å²) in [6.45, 7) is 6.69. The summed E-state index contributed by atoms with van der Waals surface area (Å²) in [6.07, 6.45) is 2.94. The van der Waals surface area contributed by atoms with Crippen molar-refractivity contribution in [2.45, 2.75) is 45.7 Å². The molecular formula is C16H22FN3O. The third kappa shape index (κ3) is 2.75. The Kier molecular flexibility index (Phi) is 3.20. The van der Waals surface area contributed by atoms with Crippen LogP contribution in [0.2, 0.25) is 0 Å². The summed E-state index contributed by atoms with van der Waals surface area (Å²) in [5, 5.41) is 4.59. The highest BCUT2D eigenvalue weighted by Gasteiger charge is 2.49. The molecule has 0 aromatic heterocycles. The van der Waals surface area contributed by atoms with E-state index in [0.717, 1.165) is 19.3 Å². The number of hydrogen-bond donors (Lipinski definition) is 2. The number of nitrogens with one attached hydrogen (secondary N) is 2. The molecule has 0 radical (unpaired) electrons. The average molecular weight is 291 g/mol. The number of carbonyl (C=O) groups is 1. The third-order valence-electron chi connectivity index (χ3n) is 4.34. The molecule has 114 valence electrons. The first kappa shape index (κ1) is 14.3. The number of halogens is 1. The molecule has 1 saturated heterocycles. The zero-order valence-electron chi connectivity index (χ0n) is 12.7. The van der Waals surface area contributed by atoms with Crippen LogP contribution < -0.4 is 15.8 Å². The number of hydrazine groups is 1. The second-order valence-corrected chi connectivity index (χ2v) is 7.29. The molecule has 1 aromatic carbocycles. The van der Waals surface area contributed by atoms with Gasteiger partial charge in [-0.25, -0.2) is 19.6 Å². The van der Waals surface area contributed by atoms with Gasteiger partial charge in [0.25, 0.3) is 0 Å². The summed E-state index contributed by atoms with van der Waals surface area (Å²) in [4.78, 5) is 12.3. The van der Waals surface area contributed by atoms with Gasteiger partial charge in [0.05, 0.1) is 5.69 Å². The fourth-order valence-corrected chi connectivity index (χ4v) is 4.08. The van der Waals surface area contributed by atoms with Crippen molar-refractivity contribution in [1.29, 1.82) is 0 Å². The molecular weight excluding hydrogens is 269 g/mol. The van der Waals surface area contributed by atoms with Gasteiger partial charge in [-0.1, -0.05) is 20.8 Å². The van der Waals surface area contributed by atoms with Crippen molar-refractivity contribution in [3.63, 3.8) is 0 Å². The number of benzene rings is 1. The molecule has 0 unspecified atom stereocenters. The molecule has 0 bridgehead atoms. The van der Waals surface area contributed by atoms with E-state index in [4.69, 9.17) is 0 Å². The Hall–Kier alpha value is -1.62. The standard InChI is InChI=1S/C16H22FN3O/c1-11-8-15(2,3)10-16(9-11)18-14(21)20(19-16)13-6-4-12(17)5-7-13/h4-7,11,19H,8-10H2,1-3H3,(H,18,21)/t11-,16-/m1/s1. The van der Waals surface area contributed by atoms with Gasteiger partial charge < -0.3 is 5.32 Å². The Balaban J connectivity index is 1.85. The molecule has 3 rings (SSSR count). The van der Waals surface area contributed by atoms with E-state index in [2.05, 4.69) is 31.5 Å². The number of hydrogen-bond acceptors (Lipinski definition) is 2. The maximum Gasteiger partial charge on any atom is 0.338 e. The van der Waals surface area contributed by atoms with Crippen molar-refractivity contribution in [1.82, 2.24) is 10.7 Å². The van der Waals surface area contributed by atoms with Crippen molar-refractivity contribution in [2.24, 2.45) is 11.3 Å². The van der Waals surface area contributed by atoms with Crippen LogP contribution in [-0.2, 0) is 0 Å². The minimum atomic E-state index is -0.396. The molecule has 2 amide bonds. The van der Waals surface area contributed by atoms with E-state index in [1.807, 2.05) is 0 Å². The largest absolute Gasteiger partial charge is 0.338 e. The topological polar surface area (TPSA) is 44.4 Å². The fraction of sp³-hybridized carbons (Fsp3) is 0.562. The van der Waals surface area contributed by atoms with Crippen molar-refractivity contribution in [3.05, 3.63) is 30.1 Å². The number of anilines is 1. The quantitative estimate of drug-likeness (QED) is 0.833. The predicted molar refractivity (Wildman–Crippen MR) is 80.1 cm³/mol. The Labute approximate surface area is 124 Å². The van der Waals surface area contributed by atoms with Crippen molar-refractivity contribution in [2.75, 3.05) is 5.01 Å². The van der Waals surface area contributed by atoms with Gasteiger partial charge in [0.1, 0.15) is 11.5 Å². The second-order valence-electron chi connectivity index (χ2n) is 7.29. The summed E-state index contributed by atoms with van der Waals surface area (Å²) in [5.41, 5.74) is 3.76. The van der Waals surface area contributed by atoms with Crippen LogP contribution in [0.4, 0.5) is 14.9 Å². The number of amides is 2. The Morgan fingerprint density at radius 2 is 1.90 bits per heavy atom. The number of carbonyl (C=O) groups excluding carboxylic acids is 1. The minimum Gasteiger partial charge on any atom is -0.317 e. The molecule has 2 fully saturated rings. The SMILES string of the molecule is C[C@@H]1CC(C)(C)C[C@]2(C1)NC(=O)N(c1ccc(F)cc1)N2. The highest BCUT2D eigenvalue weighted by molar-refractivity contribution is 5.93. The summed E-state index contributed by atoms with van der Waals surface area (Å²) < 4.78 is 13.0. The Morgan fingerprint density at radius 3 is 2.52 bits per heavy atom. The normalized spacial score (nSPS) is 31.5. The van der Waals surface area contributed by atoms with E-state index in [1.165, 1.54) is 17.1 Å². The molecule has 1 aliphatic carbocycles. The first-order valence-corrected chi connectivity index (χ1v) is 7.44. The van der Waals surface area contributed by atoms with Crippen LogP contribution in [0.3, 0.4) is 0 Å². The smallest absolute Gasteiger partial charge is 0.317 e. The van der Waals surface area contributed by atoms with Crippen molar-refractivity contribution < 1.29 is 9.18 Å². The molecule has 5 heteroatoms. The molecule has 21 heavy (non-hydrogen) atoms. The zero-order valence-corrected chi connectivity index (χ0v) is 12.7. The lowest BCUT2D eigenvalue weighted by atomic mass is 9.68. The number of urea groups is 1. The van der Waals surface area contributed by atoms with Crippen LogP contribution in [0.15, 0.2) is 24.3 Å². The summed E-state index contributed by atoms with van der Waals surface area (Å²) in [7, 11) is 0. The lowest BCUT2D eigenvalue weighted by Crippen LogP contribution is -2.57. The average Bonchev–Trinajstić information content (AvgIpc) is 2.63. The number of nitrogens with zero attached hydrogens (tertiary/aromatic N) is 1. The first-order valence-electron chi connectivity index (χ1n) is 7.44. The predicted octanol–water partition coefficient (Wildman–Crippen LogP) is 3.40. The van der Waals surface area contributed by atoms with Gasteiger partial charge in [0.2, 0.25) is 0 Å². The number of rotatable bonds is 1. The van der Waals surface area contributed by atoms with Crippen molar-refractivity contribution in [3.8, 4) is 0 Å². The lowest BCUT2D eigenvalue weighted by Gasteiger charge is -2.45. The van der Waals surface area contributed by atoms with Crippen LogP contribution >= 0.6 is 0 Å². The van der Waals surface area contributed by atoms with Crippen molar-refractivity contribution >= 4 is 11.7 Å². The zero-order chi connectivity index (χ0) is 15.3. The van der Waals surface area contributed by atoms with Gasteiger partial charge in [-0.3, -0.25) is 0 Å². The summed E-state index contributed by atoms with van der Waals surface area (Å²) in [5.74, 6) is 0.232. The first-order chi connectivity index (χ1) is 9.79. The highest BCUT2D eigenvalue weighted by atomic mass is 19.1. The third-order valence-corrected chi connectivity index (χ3v) is 4.34. The van der Waals surface area contributed by atoms with Gasteiger partial charge in [0, 0.05) is 0 Å². The Morgan fingerprint density at radius 1 is 1.24 bits per heavy atom. The van der Waals surface area contributed by atoms with Crippen LogP contribution in [0.5, 0.6) is 0 Å². The van der Waals surface area contributed by atoms with Gasteiger partial charge in [-0.05, 0) is 54.9 Å². The molecule has 1 spiro atoms. The van der Waals surface area contributed by atoms with Gasteiger partial charge in [0.15, 0.2) is 0 Å². The van der Waals surface area contributed by atoms with Crippen LogP contribution in [-0.4, -0.2) is 11.7 Å². The van der Waals surface area contributed by atoms with E-state index in [0.29, 0.717) is 11.6 Å². The van der Waals surface area contributed by atoms with Gasteiger partial charge >= 0.3 is 6.03 Å². The highest BCUT2D eigenvalue weighted by Crippen LogP contribution is 2.44. The van der Waals surface area contributed by atoms with E-state index in [-0.39, 0.29) is 17.3 Å². The van der Waals surface area contributed by atoms with Gasteiger partial charge in [-0.15, -0.1) is 0 Å². The maximum atomic E-state index is 13.0. The molecule has 1 aromatic rings. The molecule has 2 N–H and O–H groups in total. The van der Waals surface area contributed by atoms with E-state index in [1.54, 1.807) is 12.1 Å². The molecule has 1 heterocycles. The molecule has 4 nitrogen and oxygen atoms in total. The monoisotopic (exact) mass is 291 g/mol. The van der Waals surface area contributed by atoms with E-state index >= 15 is 0 Å². The van der Waals surface area contributed by atoms with E-state index in [9.17, 15) is 9.18 Å². The second kappa shape index (κ2) is 4.70. The van der Waals surface area contributed by atoms with Crippen LogP contribution in [0, 0.1) is 17.2 Å². The molecule has 2 aliphatic rings. The molecule has 2 atom stereocenters. The molecule has 1 saturated carbocycles. The fourth-order valence-electron chi connectivity index (χ4n) is 4.08. The van der Waals surface area contributed by atoms with Crippen LogP contribution in [0.1, 0.15) is 40.0 Å². The summed E-state index contributed by atoms with van der Waals surface area (Å²) in [6, 6.07) is 5.77. The lowest BCUT2D eigenvalue weighted by molar-refractivity contribution is 0.0812. The van der Waals surface area contributed by atoms with Crippen LogP contribution in [0.25, 0.3) is 0 Å². The van der Waals surface area contributed by atoms with E-state index < -0.39 is 5.66 Å². The Bertz CT molecular complexity index is 557. The summed E-state index contributed by atoms with van der Waals surface area (Å²) >= 11 is 0. The minimum absolute atomic E-state index is 0.175.